The van der Waals surface area contributed by atoms with Gasteiger partial charge in [-0.25, -0.2) is 9.67 Å². The van der Waals surface area contributed by atoms with Gasteiger partial charge in [0.1, 0.15) is 12.2 Å². The predicted octanol–water partition coefficient (Wildman–Crippen LogP) is 1.10. The lowest BCUT2D eigenvalue weighted by Gasteiger charge is -2.15. The molecule has 2 heterocycles. The lowest BCUT2D eigenvalue weighted by Crippen LogP contribution is -2.30. The first kappa shape index (κ1) is 15.0. The summed E-state index contributed by atoms with van der Waals surface area (Å²) in [4.78, 5) is 5.42. The topological polar surface area (TPSA) is 94.5 Å². The lowest BCUT2D eigenvalue weighted by molar-refractivity contribution is 0.447. The van der Waals surface area contributed by atoms with E-state index in [-0.39, 0.29) is 6.04 Å². The molecule has 1 atom stereocenters. The van der Waals surface area contributed by atoms with Gasteiger partial charge in [-0.3, -0.25) is 11.3 Å². The fourth-order valence-corrected chi connectivity index (χ4v) is 2.88. The van der Waals surface area contributed by atoms with Gasteiger partial charge in [0.25, 0.3) is 0 Å². The second kappa shape index (κ2) is 6.87. The molecule has 110 valence electrons. The number of hydrogen-bond acceptors (Lipinski definition) is 7. The van der Waals surface area contributed by atoms with Crippen molar-refractivity contribution < 1.29 is 0 Å². The van der Waals surface area contributed by atoms with Crippen LogP contribution in [-0.2, 0) is 19.4 Å². The van der Waals surface area contributed by atoms with E-state index in [4.69, 9.17) is 5.84 Å². The third-order valence-electron chi connectivity index (χ3n) is 3.06. The van der Waals surface area contributed by atoms with Crippen LogP contribution >= 0.6 is 11.5 Å². The Balaban J connectivity index is 2.16. The van der Waals surface area contributed by atoms with Gasteiger partial charge in [0.2, 0.25) is 0 Å². The minimum Gasteiger partial charge on any atom is -0.271 e. The Labute approximate surface area is 122 Å². The molecule has 20 heavy (non-hydrogen) atoms. The van der Waals surface area contributed by atoms with Crippen LogP contribution < -0.4 is 11.3 Å². The Bertz CT molecular complexity index is 533. The molecular weight excluding hydrogens is 274 g/mol. The Hall–Kier alpha value is -1.38. The summed E-state index contributed by atoms with van der Waals surface area (Å²) in [6.45, 7) is 7.24. The highest BCUT2D eigenvalue weighted by molar-refractivity contribution is 7.05. The standard InChI is InChI=1S/C12H21N7S/c1-4-9-12(20-18-17-9)10(16-13)5-11-14-7-15-19(11)6-8(2)3/h7-8,10,16H,4-6,13H2,1-3H3. The molecule has 3 N–H and O–H groups in total. The van der Waals surface area contributed by atoms with Crippen molar-refractivity contribution in [2.45, 2.75) is 46.2 Å². The average molecular weight is 295 g/mol. The molecule has 0 radical (unpaired) electrons. The molecular formula is C12H21N7S. The molecule has 0 aliphatic carbocycles. The zero-order valence-electron chi connectivity index (χ0n) is 12.1. The van der Waals surface area contributed by atoms with Crippen LogP contribution in [-0.4, -0.2) is 24.4 Å². The van der Waals surface area contributed by atoms with Gasteiger partial charge in [0.05, 0.1) is 16.6 Å². The van der Waals surface area contributed by atoms with Crippen LogP contribution in [0.2, 0.25) is 0 Å². The highest BCUT2D eigenvalue weighted by Crippen LogP contribution is 2.23. The van der Waals surface area contributed by atoms with E-state index in [1.165, 1.54) is 11.5 Å². The quantitative estimate of drug-likeness (QED) is 0.586. The summed E-state index contributed by atoms with van der Waals surface area (Å²) < 4.78 is 5.95. The number of hydrazine groups is 1. The molecule has 2 rings (SSSR count). The highest BCUT2D eigenvalue weighted by atomic mass is 32.1. The van der Waals surface area contributed by atoms with Gasteiger partial charge in [-0.1, -0.05) is 25.3 Å². The lowest BCUT2D eigenvalue weighted by atomic mass is 10.1. The largest absolute Gasteiger partial charge is 0.271 e. The molecule has 0 saturated heterocycles. The van der Waals surface area contributed by atoms with E-state index in [1.54, 1.807) is 6.33 Å². The van der Waals surface area contributed by atoms with Gasteiger partial charge >= 0.3 is 0 Å². The second-order valence-corrected chi connectivity index (χ2v) is 5.90. The van der Waals surface area contributed by atoms with Crippen molar-refractivity contribution in [3.8, 4) is 0 Å². The first-order valence-electron chi connectivity index (χ1n) is 6.79. The number of nitrogens with two attached hydrogens (primary N) is 1. The van der Waals surface area contributed by atoms with Gasteiger partial charge in [-0.05, 0) is 23.9 Å². The van der Waals surface area contributed by atoms with Crippen LogP contribution in [0.4, 0.5) is 0 Å². The zero-order valence-corrected chi connectivity index (χ0v) is 12.9. The minimum atomic E-state index is -0.0277. The van der Waals surface area contributed by atoms with Gasteiger partial charge in [-0.15, -0.1) is 5.10 Å². The molecule has 0 fully saturated rings. The van der Waals surface area contributed by atoms with Crippen molar-refractivity contribution in [3.63, 3.8) is 0 Å². The summed E-state index contributed by atoms with van der Waals surface area (Å²) in [6, 6.07) is -0.0277. The number of hydrogen-bond donors (Lipinski definition) is 2. The third-order valence-corrected chi connectivity index (χ3v) is 3.94. The molecule has 0 amide bonds. The first-order chi connectivity index (χ1) is 9.65. The van der Waals surface area contributed by atoms with E-state index in [0.29, 0.717) is 12.3 Å². The molecule has 7 nitrogen and oxygen atoms in total. The van der Waals surface area contributed by atoms with Crippen molar-refractivity contribution in [1.29, 1.82) is 0 Å². The van der Waals surface area contributed by atoms with Crippen molar-refractivity contribution in [3.05, 3.63) is 22.7 Å². The van der Waals surface area contributed by atoms with Crippen LogP contribution in [0.25, 0.3) is 0 Å². The minimum absolute atomic E-state index is 0.0277. The molecule has 0 spiro atoms. The Kier molecular flexibility index (Phi) is 5.16. The second-order valence-electron chi connectivity index (χ2n) is 5.11. The number of aryl methyl sites for hydroxylation is 1. The van der Waals surface area contributed by atoms with E-state index < -0.39 is 0 Å². The third kappa shape index (κ3) is 3.38. The summed E-state index contributed by atoms with van der Waals surface area (Å²) in [5.41, 5.74) is 3.84. The van der Waals surface area contributed by atoms with Crippen molar-refractivity contribution in [2.75, 3.05) is 0 Å². The fourth-order valence-electron chi connectivity index (χ4n) is 2.08. The number of rotatable bonds is 7. The van der Waals surface area contributed by atoms with E-state index in [2.05, 4.69) is 45.9 Å². The molecule has 0 aliphatic rings. The summed E-state index contributed by atoms with van der Waals surface area (Å²) in [5, 5.41) is 8.41. The van der Waals surface area contributed by atoms with Crippen LogP contribution in [0.3, 0.4) is 0 Å². The first-order valence-corrected chi connectivity index (χ1v) is 7.56. The van der Waals surface area contributed by atoms with Crippen LogP contribution in [0.5, 0.6) is 0 Å². The zero-order chi connectivity index (χ0) is 14.5. The summed E-state index contributed by atoms with van der Waals surface area (Å²) >= 11 is 1.39. The van der Waals surface area contributed by atoms with E-state index in [9.17, 15) is 0 Å². The van der Waals surface area contributed by atoms with Crippen molar-refractivity contribution in [2.24, 2.45) is 11.8 Å². The highest BCUT2D eigenvalue weighted by Gasteiger charge is 2.20. The Morgan fingerprint density at radius 1 is 1.45 bits per heavy atom. The van der Waals surface area contributed by atoms with Gasteiger partial charge in [0.15, 0.2) is 0 Å². The number of nitrogens with zero attached hydrogens (tertiary/aromatic N) is 5. The van der Waals surface area contributed by atoms with E-state index >= 15 is 0 Å². The number of nitrogens with one attached hydrogen (secondary N) is 1. The fraction of sp³-hybridized carbons (Fsp3) is 0.667. The van der Waals surface area contributed by atoms with Gasteiger partial charge < -0.3 is 0 Å². The smallest absolute Gasteiger partial charge is 0.138 e. The van der Waals surface area contributed by atoms with Crippen LogP contribution in [0.15, 0.2) is 6.33 Å². The molecule has 0 saturated carbocycles. The van der Waals surface area contributed by atoms with E-state index in [1.807, 2.05) is 4.68 Å². The SMILES string of the molecule is CCc1nnsc1C(Cc1ncnn1CC(C)C)NN. The van der Waals surface area contributed by atoms with Gasteiger partial charge in [0, 0.05) is 13.0 Å². The molecule has 2 aromatic heterocycles. The van der Waals surface area contributed by atoms with Crippen LogP contribution in [0, 0.1) is 5.92 Å². The predicted molar refractivity (Wildman–Crippen MR) is 77.9 cm³/mol. The number of aromatic nitrogens is 5. The average Bonchev–Trinajstić information content (AvgIpc) is 3.04. The maximum atomic E-state index is 5.70. The molecule has 2 aromatic rings. The molecule has 8 heteroatoms. The summed E-state index contributed by atoms with van der Waals surface area (Å²) in [6.07, 6.45) is 3.12. The molecule has 0 bridgehead atoms. The summed E-state index contributed by atoms with van der Waals surface area (Å²) in [7, 11) is 0. The maximum Gasteiger partial charge on any atom is 0.138 e. The molecule has 0 aromatic carbocycles. The van der Waals surface area contributed by atoms with Gasteiger partial charge in [-0.2, -0.15) is 5.10 Å². The monoisotopic (exact) mass is 295 g/mol. The molecule has 0 aliphatic heterocycles. The van der Waals surface area contributed by atoms with Crippen molar-refractivity contribution >= 4 is 11.5 Å². The normalized spacial score (nSPS) is 13.1. The molecule has 1 unspecified atom stereocenters. The van der Waals surface area contributed by atoms with Crippen molar-refractivity contribution in [1.82, 2.24) is 29.8 Å². The summed E-state index contributed by atoms with van der Waals surface area (Å²) in [5.74, 6) is 7.15. The maximum absolute atomic E-state index is 5.70. The Morgan fingerprint density at radius 3 is 2.90 bits per heavy atom. The van der Waals surface area contributed by atoms with E-state index in [0.717, 1.165) is 29.4 Å². The Morgan fingerprint density at radius 2 is 2.25 bits per heavy atom. The van der Waals surface area contributed by atoms with Crippen LogP contribution in [0.1, 0.15) is 43.2 Å².